The Morgan fingerprint density at radius 3 is 3.00 bits per heavy atom. The van der Waals surface area contributed by atoms with Crippen molar-refractivity contribution in [1.29, 1.82) is 0 Å². The van der Waals surface area contributed by atoms with Crippen molar-refractivity contribution in [3.63, 3.8) is 0 Å². The standard InChI is InChI=1S/C10H11ClNOS/c11-10-4-3-8(7-12-10)6-9-2-1-5-14(9)13/h3-5,7,9H,1-2,6H2/q-1. The molecule has 1 aromatic rings. The van der Waals surface area contributed by atoms with Crippen LogP contribution in [0.5, 0.6) is 0 Å². The van der Waals surface area contributed by atoms with E-state index in [-0.39, 0.29) is 5.25 Å². The van der Waals surface area contributed by atoms with Gasteiger partial charge in [0.25, 0.3) is 0 Å². The van der Waals surface area contributed by atoms with E-state index in [4.69, 9.17) is 11.6 Å². The lowest BCUT2D eigenvalue weighted by Gasteiger charge is -2.14. The van der Waals surface area contributed by atoms with Crippen LogP contribution in [0.2, 0.25) is 5.15 Å². The Morgan fingerprint density at radius 2 is 2.43 bits per heavy atom. The zero-order valence-electron chi connectivity index (χ0n) is 7.65. The van der Waals surface area contributed by atoms with E-state index in [1.165, 1.54) is 0 Å². The first-order valence-corrected chi connectivity index (χ1v) is 6.24. The van der Waals surface area contributed by atoms with Crippen molar-refractivity contribution >= 4 is 27.4 Å². The van der Waals surface area contributed by atoms with Gasteiger partial charge in [-0.2, -0.15) is 5.37 Å². The molecule has 1 aromatic heterocycles. The monoisotopic (exact) mass is 228 g/mol. The fraction of sp³-hybridized carbons (Fsp3) is 0.400. The summed E-state index contributed by atoms with van der Waals surface area (Å²) < 4.78 is 11.5. The van der Waals surface area contributed by atoms with E-state index in [9.17, 15) is 4.21 Å². The van der Waals surface area contributed by atoms with Crippen molar-refractivity contribution < 1.29 is 4.21 Å². The van der Waals surface area contributed by atoms with Crippen LogP contribution < -0.4 is 0 Å². The zero-order valence-corrected chi connectivity index (χ0v) is 9.22. The van der Waals surface area contributed by atoms with Gasteiger partial charge in [0.1, 0.15) is 5.15 Å². The van der Waals surface area contributed by atoms with Crippen LogP contribution >= 0.6 is 11.6 Å². The van der Waals surface area contributed by atoms with E-state index in [1.54, 1.807) is 12.3 Å². The topological polar surface area (TPSA) is 30.0 Å². The lowest BCUT2D eigenvalue weighted by molar-refractivity contribution is 0.594. The summed E-state index contributed by atoms with van der Waals surface area (Å²) in [6.45, 7) is 0. The second kappa shape index (κ2) is 4.32. The molecular weight excluding hydrogens is 218 g/mol. The van der Waals surface area contributed by atoms with E-state index >= 15 is 0 Å². The summed E-state index contributed by atoms with van der Waals surface area (Å²) in [6, 6.07) is 3.73. The number of aromatic nitrogens is 1. The summed E-state index contributed by atoms with van der Waals surface area (Å²) in [5.74, 6) is 0. The molecule has 1 atom stereocenters. The van der Waals surface area contributed by atoms with Crippen molar-refractivity contribution in [3.8, 4) is 0 Å². The molecule has 76 valence electrons. The molecule has 0 saturated heterocycles. The molecule has 0 radical (unpaired) electrons. The average Bonchev–Trinajstić information content (AvgIpc) is 2.56. The van der Waals surface area contributed by atoms with Gasteiger partial charge >= 0.3 is 0 Å². The Balaban J connectivity index is 2.08. The Hall–Kier alpha value is -0.540. The van der Waals surface area contributed by atoms with Gasteiger partial charge in [0.2, 0.25) is 0 Å². The molecule has 1 unspecified atom stereocenters. The number of pyridine rings is 1. The number of hydrogen-bond donors (Lipinski definition) is 0. The minimum Gasteiger partial charge on any atom is -0.461 e. The van der Waals surface area contributed by atoms with Crippen LogP contribution in [0.1, 0.15) is 18.4 Å². The van der Waals surface area contributed by atoms with Gasteiger partial charge in [-0.25, -0.2) is 4.98 Å². The first-order chi connectivity index (χ1) is 6.75. The maximum atomic E-state index is 11.5. The second-order valence-electron chi connectivity index (χ2n) is 3.39. The smallest absolute Gasteiger partial charge is 0.129 e. The first-order valence-electron chi connectivity index (χ1n) is 4.59. The number of hydrogen-bond acceptors (Lipinski definition) is 3. The van der Waals surface area contributed by atoms with E-state index < -0.39 is 10.4 Å². The van der Waals surface area contributed by atoms with Gasteiger partial charge in [0.05, 0.1) is 0 Å². The van der Waals surface area contributed by atoms with Gasteiger partial charge in [-0.15, -0.1) is 0 Å². The van der Waals surface area contributed by atoms with Crippen LogP contribution in [0.15, 0.2) is 18.3 Å². The Bertz CT molecular complexity index is 395. The highest BCUT2D eigenvalue weighted by atomic mass is 35.5. The highest BCUT2D eigenvalue weighted by Gasteiger charge is 2.06. The van der Waals surface area contributed by atoms with E-state index in [2.05, 4.69) is 4.98 Å². The van der Waals surface area contributed by atoms with E-state index in [0.717, 1.165) is 24.8 Å². The van der Waals surface area contributed by atoms with Crippen LogP contribution in [0.4, 0.5) is 0 Å². The van der Waals surface area contributed by atoms with Gasteiger partial charge < -0.3 is 4.21 Å². The number of nitrogens with zero attached hydrogens (tertiary/aromatic N) is 1. The molecule has 2 rings (SSSR count). The van der Waals surface area contributed by atoms with Crippen molar-refractivity contribution in [2.24, 2.45) is 0 Å². The minimum atomic E-state index is -0.752. The SMILES string of the molecule is O=[S-]1=CCCC1Cc1ccc(Cl)nc1. The van der Waals surface area contributed by atoms with Crippen LogP contribution in [0.3, 0.4) is 0 Å². The van der Waals surface area contributed by atoms with Crippen molar-refractivity contribution in [2.75, 3.05) is 0 Å². The molecule has 0 aliphatic carbocycles. The number of halogens is 1. The summed E-state index contributed by atoms with van der Waals surface area (Å²) >= 11 is 5.68. The molecule has 0 N–H and O–H groups in total. The molecule has 14 heavy (non-hydrogen) atoms. The van der Waals surface area contributed by atoms with E-state index in [0.29, 0.717) is 5.15 Å². The predicted octanol–water partition coefficient (Wildman–Crippen LogP) is 2.21. The van der Waals surface area contributed by atoms with Crippen LogP contribution in [0, 0.1) is 0 Å². The normalized spacial score (nSPS) is 22.2. The van der Waals surface area contributed by atoms with Crippen molar-refractivity contribution in [2.45, 2.75) is 24.5 Å². The van der Waals surface area contributed by atoms with Crippen LogP contribution in [-0.2, 0) is 21.0 Å². The maximum Gasteiger partial charge on any atom is 0.129 e. The fourth-order valence-corrected chi connectivity index (χ4v) is 3.07. The summed E-state index contributed by atoms with van der Waals surface area (Å²) in [4.78, 5) is 4.00. The molecule has 1 aliphatic rings. The molecule has 0 fully saturated rings. The van der Waals surface area contributed by atoms with Gasteiger partial charge in [-0.1, -0.05) is 35.8 Å². The summed E-state index contributed by atoms with van der Waals surface area (Å²) in [5, 5.41) is 2.68. The highest BCUT2D eigenvalue weighted by Crippen LogP contribution is 2.15. The third kappa shape index (κ3) is 2.28. The molecule has 0 amide bonds. The molecular formula is C10H11ClNOS-. The Labute approximate surface area is 90.4 Å². The Kier molecular flexibility index (Phi) is 3.08. The first kappa shape index (κ1) is 9.99. The lowest BCUT2D eigenvalue weighted by atomic mass is 10.1. The number of rotatable bonds is 2. The average molecular weight is 229 g/mol. The maximum absolute atomic E-state index is 11.5. The molecule has 0 bridgehead atoms. The van der Waals surface area contributed by atoms with Gasteiger partial charge in [0.15, 0.2) is 0 Å². The fourth-order valence-electron chi connectivity index (χ4n) is 1.60. The van der Waals surface area contributed by atoms with Crippen molar-refractivity contribution in [3.05, 3.63) is 29.0 Å². The Morgan fingerprint density at radius 1 is 1.57 bits per heavy atom. The van der Waals surface area contributed by atoms with Gasteiger partial charge in [0, 0.05) is 6.20 Å². The van der Waals surface area contributed by atoms with Crippen molar-refractivity contribution in [1.82, 2.24) is 4.98 Å². The summed E-state index contributed by atoms with van der Waals surface area (Å²) in [7, 11) is -0.752. The minimum absolute atomic E-state index is 0.276. The lowest BCUT2D eigenvalue weighted by Crippen LogP contribution is -2.08. The third-order valence-corrected chi connectivity index (χ3v) is 4.20. The largest absolute Gasteiger partial charge is 0.461 e. The van der Waals surface area contributed by atoms with Gasteiger partial charge in [-0.05, 0) is 18.1 Å². The molecule has 2 nitrogen and oxygen atoms in total. The highest BCUT2D eigenvalue weighted by molar-refractivity contribution is 7.84. The quantitative estimate of drug-likeness (QED) is 0.441. The second-order valence-corrected chi connectivity index (χ2v) is 5.43. The third-order valence-electron chi connectivity index (χ3n) is 2.35. The summed E-state index contributed by atoms with van der Waals surface area (Å²) in [5.41, 5.74) is 1.11. The molecule has 1 aliphatic heterocycles. The molecule has 2 heterocycles. The molecule has 0 spiro atoms. The molecule has 0 saturated carbocycles. The summed E-state index contributed by atoms with van der Waals surface area (Å²) in [6.07, 6.45) is 4.60. The van der Waals surface area contributed by atoms with Crippen LogP contribution in [0.25, 0.3) is 0 Å². The predicted molar refractivity (Wildman–Crippen MR) is 60.1 cm³/mol. The molecule has 0 aromatic carbocycles. The van der Waals surface area contributed by atoms with Gasteiger partial charge in [-0.3, -0.25) is 10.4 Å². The van der Waals surface area contributed by atoms with E-state index in [1.807, 2.05) is 11.4 Å². The zero-order chi connectivity index (χ0) is 9.97. The van der Waals surface area contributed by atoms with Crippen LogP contribution in [-0.4, -0.2) is 15.6 Å². The molecule has 4 heteroatoms.